The van der Waals surface area contributed by atoms with Gasteiger partial charge in [-0.2, -0.15) is 13.2 Å². The predicted octanol–water partition coefficient (Wildman–Crippen LogP) is 2.72. The molecule has 3 nitrogen and oxygen atoms in total. The van der Waals surface area contributed by atoms with Gasteiger partial charge < -0.3 is 10.5 Å². The lowest BCUT2D eigenvalue weighted by molar-refractivity contribution is -0.143. The molecule has 0 bridgehead atoms. The molecule has 7 heteroatoms. The minimum absolute atomic E-state index is 0.109. The van der Waals surface area contributed by atoms with Crippen molar-refractivity contribution in [2.24, 2.45) is 5.73 Å². The molecule has 0 radical (unpaired) electrons. The zero-order valence-corrected chi connectivity index (χ0v) is 11.4. The number of hydrogen-bond donors (Lipinski definition) is 1. The lowest BCUT2D eigenvalue weighted by Gasteiger charge is -2.22. The van der Waals surface area contributed by atoms with E-state index in [1.165, 1.54) is 26.3 Å². The molecule has 0 aromatic heterocycles. The first-order valence-electron chi connectivity index (χ1n) is 6.08. The third-order valence-corrected chi connectivity index (χ3v) is 2.87. The van der Waals surface area contributed by atoms with Crippen molar-refractivity contribution >= 4 is 0 Å². The molecule has 1 rings (SSSR count). The molecule has 1 atom stereocenters. The molecule has 0 saturated carbocycles. The Morgan fingerprint density at radius 2 is 2.00 bits per heavy atom. The van der Waals surface area contributed by atoms with Crippen LogP contribution in [0, 0.1) is 5.82 Å². The van der Waals surface area contributed by atoms with E-state index in [9.17, 15) is 17.6 Å². The summed E-state index contributed by atoms with van der Waals surface area (Å²) >= 11 is 0. The van der Waals surface area contributed by atoms with Crippen LogP contribution in [-0.2, 0) is 0 Å². The molecule has 1 aromatic carbocycles. The van der Waals surface area contributed by atoms with Crippen LogP contribution in [0.15, 0.2) is 18.2 Å². The number of benzene rings is 1. The largest absolute Gasteiger partial charge is 0.496 e. The average Bonchev–Trinajstić information content (AvgIpc) is 2.33. The summed E-state index contributed by atoms with van der Waals surface area (Å²) in [6.45, 7) is -0.910. The third kappa shape index (κ3) is 4.97. The summed E-state index contributed by atoms with van der Waals surface area (Å²) in [6.07, 6.45) is -4.06. The van der Waals surface area contributed by atoms with Crippen molar-refractivity contribution in [3.8, 4) is 5.75 Å². The van der Waals surface area contributed by atoms with E-state index < -0.39 is 24.6 Å². The molecule has 2 N–H and O–H groups in total. The third-order valence-electron chi connectivity index (χ3n) is 2.87. The van der Waals surface area contributed by atoms with Gasteiger partial charge in [-0.1, -0.05) is 6.07 Å². The van der Waals surface area contributed by atoms with Gasteiger partial charge in [0.05, 0.1) is 13.7 Å². The predicted molar refractivity (Wildman–Crippen MR) is 68.0 cm³/mol. The second-order valence-electron chi connectivity index (χ2n) is 4.60. The van der Waals surface area contributed by atoms with Gasteiger partial charge in [-0.25, -0.2) is 4.39 Å². The standard InChI is InChI=1S/C13H18F4N2O/c1-19(8-13(15,16)17)7-6-10(18)12-9(14)4-3-5-11(12)20-2/h3-5,10H,6-8,18H2,1-2H3. The number of nitrogens with two attached hydrogens (primary N) is 1. The van der Waals surface area contributed by atoms with Crippen molar-refractivity contribution in [2.75, 3.05) is 27.2 Å². The highest BCUT2D eigenvalue weighted by atomic mass is 19.4. The molecule has 20 heavy (non-hydrogen) atoms. The van der Waals surface area contributed by atoms with Crippen molar-refractivity contribution in [2.45, 2.75) is 18.6 Å². The Hall–Kier alpha value is -1.34. The topological polar surface area (TPSA) is 38.5 Å². The van der Waals surface area contributed by atoms with Crippen molar-refractivity contribution in [1.82, 2.24) is 4.90 Å². The first kappa shape index (κ1) is 16.7. The number of hydrogen-bond acceptors (Lipinski definition) is 3. The quantitative estimate of drug-likeness (QED) is 0.820. The van der Waals surface area contributed by atoms with Gasteiger partial charge in [0.2, 0.25) is 0 Å². The number of halogens is 4. The van der Waals surface area contributed by atoms with Gasteiger partial charge >= 0.3 is 6.18 Å². The second kappa shape index (κ2) is 6.90. The van der Waals surface area contributed by atoms with Crippen LogP contribution in [0.1, 0.15) is 18.0 Å². The molecule has 1 aromatic rings. The van der Waals surface area contributed by atoms with Crippen molar-refractivity contribution in [3.63, 3.8) is 0 Å². The summed E-state index contributed by atoms with van der Waals surface area (Å²) in [7, 11) is 2.74. The zero-order valence-electron chi connectivity index (χ0n) is 11.4. The Balaban J connectivity index is 2.66. The van der Waals surface area contributed by atoms with Crippen molar-refractivity contribution < 1.29 is 22.3 Å². The number of ether oxygens (including phenoxy) is 1. The van der Waals surface area contributed by atoms with E-state index in [1.807, 2.05) is 0 Å². The van der Waals surface area contributed by atoms with Crippen LogP contribution in [-0.4, -0.2) is 38.3 Å². The first-order valence-corrected chi connectivity index (χ1v) is 6.08. The number of methoxy groups -OCH3 is 1. The Morgan fingerprint density at radius 3 is 2.55 bits per heavy atom. The van der Waals surface area contributed by atoms with Gasteiger partial charge in [0.25, 0.3) is 0 Å². The minimum atomic E-state index is -4.26. The molecule has 0 aliphatic heterocycles. The number of nitrogens with zero attached hydrogens (tertiary/aromatic N) is 1. The van der Waals surface area contributed by atoms with Gasteiger partial charge in [-0.05, 0) is 32.1 Å². The summed E-state index contributed by atoms with van der Waals surface area (Å²) in [6, 6.07) is 3.58. The summed E-state index contributed by atoms with van der Waals surface area (Å²) in [5, 5.41) is 0. The Labute approximate surface area is 115 Å². The van der Waals surface area contributed by atoms with Crippen LogP contribution in [0.4, 0.5) is 17.6 Å². The van der Waals surface area contributed by atoms with Gasteiger partial charge in [0.1, 0.15) is 11.6 Å². The highest BCUT2D eigenvalue weighted by molar-refractivity contribution is 5.37. The van der Waals surface area contributed by atoms with Crippen LogP contribution in [0.5, 0.6) is 5.75 Å². The van der Waals surface area contributed by atoms with Crippen LogP contribution >= 0.6 is 0 Å². The first-order chi connectivity index (χ1) is 9.24. The van der Waals surface area contributed by atoms with Gasteiger partial charge in [0, 0.05) is 11.6 Å². The fraction of sp³-hybridized carbons (Fsp3) is 0.538. The molecule has 0 saturated heterocycles. The van der Waals surface area contributed by atoms with Crippen molar-refractivity contribution in [1.29, 1.82) is 0 Å². The number of rotatable bonds is 6. The van der Waals surface area contributed by atoms with E-state index >= 15 is 0 Å². The molecule has 0 aliphatic rings. The van der Waals surface area contributed by atoms with E-state index in [1.54, 1.807) is 6.07 Å². The van der Waals surface area contributed by atoms with E-state index in [0.717, 1.165) is 4.90 Å². The van der Waals surface area contributed by atoms with E-state index in [4.69, 9.17) is 10.5 Å². The molecule has 0 heterocycles. The minimum Gasteiger partial charge on any atom is -0.496 e. The Bertz CT molecular complexity index is 437. The number of alkyl halides is 3. The molecule has 0 fully saturated rings. The fourth-order valence-corrected chi connectivity index (χ4v) is 1.94. The monoisotopic (exact) mass is 294 g/mol. The molecule has 0 amide bonds. The van der Waals surface area contributed by atoms with Crippen LogP contribution < -0.4 is 10.5 Å². The van der Waals surface area contributed by atoms with Crippen molar-refractivity contribution in [3.05, 3.63) is 29.6 Å². The maximum Gasteiger partial charge on any atom is 0.401 e. The van der Waals surface area contributed by atoms with E-state index in [2.05, 4.69) is 0 Å². The van der Waals surface area contributed by atoms with E-state index in [0.29, 0.717) is 5.75 Å². The Kier molecular flexibility index (Phi) is 5.76. The molecule has 114 valence electrons. The van der Waals surface area contributed by atoms with Crippen LogP contribution in [0.3, 0.4) is 0 Å². The van der Waals surface area contributed by atoms with Gasteiger partial charge in [0.15, 0.2) is 0 Å². The SMILES string of the molecule is COc1cccc(F)c1C(N)CCN(C)CC(F)(F)F. The lowest BCUT2D eigenvalue weighted by atomic mass is 10.0. The van der Waals surface area contributed by atoms with Gasteiger partial charge in [-0.15, -0.1) is 0 Å². The van der Waals surface area contributed by atoms with Gasteiger partial charge in [-0.3, -0.25) is 4.90 Å². The van der Waals surface area contributed by atoms with E-state index in [-0.39, 0.29) is 18.5 Å². The lowest BCUT2D eigenvalue weighted by Crippen LogP contribution is -2.33. The van der Waals surface area contributed by atoms with Crippen LogP contribution in [0.25, 0.3) is 0 Å². The highest BCUT2D eigenvalue weighted by Gasteiger charge is 2.29. The zero-order chi connectivity index (χ0) is 15.3. The highest BCUT2D eigenvalue weighted by Crippen LogP contribution is 2.28. The maximum atomic E-state index is 13.7. The summed E-state index contributed by atoms with van der Waals surface area (Å²) in [5.41, 5.74) is 6.05. The molecule has 0 spiro atoms. The maximum absolute atomic E-state index is 13.7. The second-order valence-corrected chi connectivity index (χ2v) is 4.60. The Morgan fingerprint density at radius 1 is 1.35 bits per heavy atom. The smallest absolute Gasteiger partial charge is 0.401 e. The summed E-state index contributed by atoms with van der Waals surface area (Å²) in [4.78, 5) is 1.10. The molecular formula is C13H18F4N2O. The fourth-order valence-electron chi connectivity index (χ4n) is 1.94. The molecule has 0 aliphatic carbocycles. The summed E-state index contributed by atoms with van der Waals surface area (Å²) in [5.74, 6) is -0.216. The summed E-state index contributed by atoms with van der Waals surface area (Å²) < 4.78 is 55.3. The molecule has 1 unspecified atom stereocenters. The normalized spacial score (nSPS) is 13.6. The van der Waals surface area contributed by atoms with Crippen LogP contribution in [0.2, 0.25) is 0 Å². The molecular weight excluding hydrogens is 276 g/mol. The average molecular weight is 294 g/mol.